The number of rotatable bonds is 10. The van der Waals surface area contributed by atoms with Crippen LogP contribution in [0.5, 0.6) is 0 Å². The molecule has 0 aliphatic carbocycles. The average molecular weight is 241 g/mol. The van der Waals surface area contributed by atoms with E-state index in [0.717, 1.165) is 51.4 Å². The summed E-state index contributed by atoms with van der Waals surface area (Å²) in [7, 11) is 0. The van der Waals surface area contributed by atoms with Crippen molar-refractivity contribution in [2.24, 2.45) is 0 Å². The van der Waals surface area contributed by atoms with E-state index in [0.29, 0.717) is 12.8 Å². The molecule has 0 heterocycles. The zero-order valence-electron chi connectivity index (χ0n) is 11.4. The molecule has 0 saturated heterocycles. The van der Waals surface area contributed by atoms with Crippen molar-refractivity contribution in [1.82, 2.24) is 5.32 Å². The van der Waals surface area contributed by atoms with Crippen molar-refractivity contribution in [2.75, 3.05) is 0 Å². The van der Waals surface area contributed by atoms with E-state index in [-0.39, 0.29) is 11.8 Å². The molecular weight excluding hydrogens is 214 g/mol. The molecular formula is C14H27NO2. The van der Waals surface area contributed by atoms with E-state index in [1.807, 2.05) is 0 Å². The smallest absolute Gasteiger partial charge is 0.226 e. The molecule has 0 spiro atoms. The molecule has 0 aromatic rings. The van der Waals surface area contributed by atoms with Crippen LogP contribution in [-0.2, 0) is 9.59 Å². The summed E-state index contributed by atoms with van der Waals surface area (Å²) >= 11 is 0. The predicted molar refractivity (Wildman–Crippen MR) is 70.7 cm³/mol. The van der Waals surface area contributed by atoms with Crippen LogP contribution in [-0.4, -0.2) is 11.8 Å². The van der Waals surface area contributed by atoms with Crippen molar-refractivity contribution < 1.29 is 9.59 Å². The molecule has 1 N–H and O–H groups in total. The summed E-state index contributed by atoms with van der Waals surface area (Å²) < 4.78 is 0. The van der Waals surface area contributed by atoms with E-state index in [4.69, 9.17) is 0 Å². The summed E-state index contributed by atoms with van der Waals surface area (Å²) in [4.78, 5) is 22.7. The topological polar surface area (TPSA) is 46.2 Å². The summed E-state index contributed by atoms with van der Waals surface area (Å²) in [5.41, 5.74) is 0. The normalized spacial score (nSPS) is 10.2. The first-order valence-electron chi connectivity index (χ1n) is 7.03. The van der Waals surface area contributed by atoms with E-state index in [1.165, 1.54) is 0 Å². The van der Waals surface area contributed by atoms with Crippen LogP contribution in [0.15, 0.2) is 0 Å². The van der Waals surface area contributed by atoms with Gasteiger partial charge in [0.05, 0.1) is 0 Å². The van der Waals surface area contributed by atoms with E-state index < -0.39 is 0 Å². The van der Waals surface area contributed by atoms with Crippen molar-refractivity contribution in [2.45, 2.75) is 78.1 Å². The molecule has 0 bridgehead atoms. The molecule has 0 atom stereocenters. The zero-order chi connectivity index (χ0) is 12.9. The maximum absolute atomic E-state index is 11.4. The lowest BCUT2D eigenvalue weighted by atomic mass is 10.1. The number of carbonyl (C=O) groups excluding carboxylic acids is 2. The molecule has 0 aliphatic heterocycles. The molecule has 0 aliphatic rings. The van der Waals surface area contributed by atoms with Crippen LogP contribution in [0.4, 0.5) is 0 Å². The minimum absolute atomic E-state index is 0.110. The molecule has 0 aromatic heterocycles. The summed E-state index contributed by atoms with van der Waals surface area (Å²) in [5, 5.41) is 2.46. The van der Waals surface area contributed by atoms with Gasteiger partial charge in [-0.1, -0.05) is 52.4 Å². The number of imide groups is 1. The fourth-order valence-corrected chi connectivity index (χ4v) is 1.71. The van der Waals surface area contributed by atoms with Gasteiger partial charge in [-0.25, -0.2) is 0 Å². The van der Waals surface area contributed by atoms with Gasteiger partial charge in [0.2, 0.25) is 11.8 Å². The molecule has 3 heteroatoms. The minimum Gasteiger partial charge on any atom is -0.296 e. The Balaban J connectivity index is 3.42. The molecule has 0 aromatic carbocycles. The van der Waals surface area contributed by atoms with E-state index in [9.17, 15) is 9.59 Å². The van der Waals surface area contributed by atoms with Crippen molar-refractivity contribution in [1.29, 1.82) is 0 Å². The van der Waals surface area contributed by atoms with E-state index in [2.05, 4.69) is 19.2 Å². The lowest BCUT2D eigenvalue weighted by molar-refractivity contribution is -0.130. The maximum Gasteiger partial charge on any atom is 0.226 e. The Morgan fingerprint density at radius 3 is 1.47 bits per heavy atom. The van der Waals surface area contributed by atoms with E-state index >= 15 is 0 Å². The molecule has 3 nitrogen and oxygen atoms in total. The molecule has 0 radical (unpaired) electrons. The Kier molecular flexibility index (Phi) is 11.0. The maximum atomic E-state index is 11.4. The van der Waals surface area contributed by atoms with Gasteiger partial charge >= 0.3 is 0 Å². The minimum atomic E-state index is -0.110. The van der Waals surface area contributed by atoms with Gasteiger partial charge in [-0.3, -0.25) is 14.9 Å². The number of hydrogen-bond donors (Lipinski definition) is 1. The van der Waals surface area contributed by atoms with Gasteiger partial charge in [0.15, 0.2) is 0 Å². The van der Waals surface area contributed by atoms with Gasteiger partial charge in [-0.05, 0) is 12.8 Å². The highest BCUT2D eigenvalue weighted by molar-refractivity contribution is 5.95. The zero-order valence-corrected chi connectivity index (χ0v) is 11.4. The molecule has 0 saturated carbocycles. The van der Waals surface area contributed by atoms with Crippen LogP contribution in [0, 0.1) is 0 Å². The van der Waals surface area contributed by atoms with Crippen molar-refractivity contribution in [3.05, 3.63) is 0 Å². The highest BCUT2D eigenvalue weighted by Crippen LogP contribution is 2.04. The van der Waals surface area contributed by atoms with Crippen LogP contribution in [0.2, 0.25) is 0 Å². The molecule has 2 amide bonds. The SMILES string of the molecule is CCCCCCC(=O)NC(=O)CCCCCC. The monoisotopic (exact) mass is 241 g/mol. The molecule has 0 fully saturated rings. The summed E-state index contributed by atoms with van der Waals surface area (Å²) in [6, 6.07) is 0. The van der Waals surface area contributed by atoms with Gasteiger partial charge in [-0.2, -0.15) is 0 Å². The number of hydrogen-bond acceptors (Lipinski definition) is 2. The number of amides is 2. The van der Waals surface area contributed by atoms with Gasteiger partial charge in [0, 0.05) is 12.8 Å². The van der Waals surface area contributed by atoms with Crippen LogP contribution in [0.3, 0.4) is 0 Å². The third kappa shape index (κ3) is 11.4. The number of nitrogens with one attached hydrogen (secondary N) is 1. The lowest BCUT2D eigenvalue weighted by Crippen LogP contribution is -2.29. The van der Waals surface area contributed by atoms with Gasteiger partial charge in [-0.15, -0.1) is 0 Å². The second-order valence-electron chi connectivity index (χ2n) is 4.59. The van der Waals surface area contributed by atoms with E-state index in [1.54, 1.807) is 0 Å². The second kappa shape index (κ2) is 11.6. The predicted octanol–water partition coefficient (Wildman–Crippen LogP) is 3.57. The van der Waals surface area contributed by atoms with Crippen molar-refractivity contribution >= 4 is 11.8 Å². The van der Waals surface area contributed by atoms with Gasteiger partial charge in [0.1, 0.15) is 0 Å². The first-order chi connectivity index (χ1) is 8.20. The number of carbonyl (C=O) groups is 2. The summed E-state index contributed by atoms with van der Waals surface area (Å²) in [5.74, 6) is -0.219. The molecule has 0 rings (SSSR count). The molecule has 100 valence electrons. The Labute approximate surface area is 105 Å². The fourth-order valence-electron chi connectivity index (χ4n) is 1.71. The van der Waals surface area contributed by atoms with Crippen LogP contribution in [0.1, 0.15) is 78.1 Å². The Morgan fingerprint density at radius 1 is 0.706 bits per heavy atom. The molecule has 17 heavy (non-hydrogen) atoms. The van der Waals surface area contributed by atoms with Crippen LogP contribution in [0.25, 0.3) is 0 Å². The van der Waals surface area contributed by atoms with Crippen LogP contribution < -0.4 is 5.32 Å². The van der Waals surface area contributed by atoms with Gasteiger partial charge < -0.3 is 0 Å². The highest BCUT2D eigenvalue weighted by atomic mass is 16.2. The summed E-state index contributed by atoms with van der Waals surface area (Å²) in [6.45, 7) is 4.28. The Morgan fingerprint density at radius 2 is 1.12 bits per heavy atom. The third-order valence-electron chi connectivity index (χ3n) is 2.79. The second-order valence-corrected chi connectivity index (χ2v) is 4.59. The quantitative estimate of drug-likeness (QED) is 0.594. The van der Waals surface area contributed by atoms with Crippen molar-refractivity contribution in [3.63, 3.8) is 0 Å². The number of unbranched alkanes of at least 4 members (excludes halogenated alkanes) is 6. The standard InChI is InChI=1S/C14H27NO2/c1-3-5-7-9-11-13(16)15-14(17)12-10-8-6-4-2/h3-12H2,1-2H3,(H,15,16,17). The van der Waals surface area contributed by atoms with Crippen LogP contribution >= 0.6 is 0 Å². The lowest BCUT2D eigenvalue weighted by Gasteiger charge is -2.03. The first-order valence-corrected chi connectivity index (χ1v) is 7.03. The highest BCUT2D eigenvalue weighted by Gasteiger charge is 2.06. The molecule has 0 unspecified atom stereocenters. The first kappa shape index (κ1) is 16.1. The fraction of sp³-hybridized carbons (Fsp3) is 0.857. The largest absolute Gasteiger partial charge is 0.296 e. The third-order valence-corrected chi connectivity index (χ3v) is 2.79. The van der Waals surface area contributed by atoms with Gasteiger partial charge in [0.25, 0.3) is 0 Å². The Bertz CT molecular complexity index is 192. The van der Waals surface area contributed by atoms with Crippen molar-refractivity contribution in [3.8, 4) is 0 Å². The summed E-state index contributed by atoms with van der Waals surface area (Å²) in [6.07, 6.45) is 9.57. The Hall–Kier alpha value is -0.860. The average Bonchev–Trinajstić information content (AvgIpc) is 2.30.